The molecule has 14 heteroatoms. The van der Waals surface area contributed by atoms with E-state index in [9.17, 15) is 37.7 Å². The Hall–Kier alpha value is -5.14. The number of carbonyl (C=O) groups is 3. The molecule has 0 aliphatic carbocycles. The number of rotatable bonds is 10. The first kappa shape index (κ1) is 33.7. The van der Waals surface area contributed by atoms with Gasteiger partial charge >= 0.3 is 6.18 Å². The summed E-state index contributed by atoms with van der Waals surface area (Å²) in [5.74, 6) is -1.89. The van der Waals surface area contributed by atoms with Crippen molar-refractivity contribution in [3.8, 4) is 0 Å². The van der Waals surface area contributed by atoms with E-state index in [0.29, 0.717) is 21.7 Å². The standard InChI is InChI=1S/C32H24ClF3N4O5S/c1-19(29(41)38-27-16-9-22(33)18-26(27)32(34,35)36)46-25-14-10-23(11-15-25)37-31(43)28(39-30(42)21-5-3-2-4-6-21)17-20-7-12-24(13-8-20)40(44)45/h2-19H,1H3,(H,37,43)(H,38,41)(H,39,42)/b28-17-. The SMILES string of the molecule is CC(Sc1ccc(NC(=O)/C(=C/c2ccc([N+](=O)[O-])cc2)NC(=O)c2ccccc2)cc1)C(=O)Nc1ccc(Cl)cc1C(F)(F)F. The number of nitrogens with one attached hydrogen (secondary N) is 3. The molecule has 0 saturated carbocycles. The Labute approximate surface area is 270 Å². The highest BCUT2D eigenvalue weighted by molar-refractivity contribution is 8.00. The van der Waals surface area contributed by atoms with Crippen LogP contribution in [0.4, 0.5) is 30.2 Å². The molecule has 4 aromatic carbocycles. The summed E-state index contributed by atoms with van der Waals surface area (Å²) in [5, 5.41) is 17.6. The topological polar surface area (TPSA) is 130 Å². The molecule has 3 N–H and O–H groups in total. The third-order valence-corrected chi connectivity index (χ3v) is 7.63. The quantitative estimate of drug-likeness (QED) is 0.0684. The smallest absolute Gasteiger partial charge is 0.325 e. The summed E-state index contributed by atoms with van der Waals surface area (Å²) in [5.41, 5.74) is -0.689. The molecule has 236 valence electrons. The highest BCUT2D eigenvalue weighted by atomic mass is 35.5. The van der Waals surface area contributed by atoms with Crippen LogP contribution in [-0.4, -0.2) is 27.9 Å². The van der Waals surface area contributed by atoms with Gasteiger partial charge in [-0.2, -0.15) is 13.2 Å². The summed E-state index contributed by atoms with van der Waals surface area (Å²) >= 11 is 6.79. The second-order valence-electron chi connectivity index (χ2n) is 9.64. The molecule has 3 amide bonds. The van der Waals surface area contributed by atoms with Crippen LogP contribution in [-0.2, 0) is 15.8 Å². The van der Waals surface area contributed by atoms with Gasteiger partial charge in [0.15, 0.2) is 0 Å². The maximum Gasteiger partial charge on any atom is 0.418 e. The molecule has 0 aliphatic rings. The van der Waals surface area contributed by atoms with Gasteiger partial charge in [0, 0.05) is 33.3 Å². The monoisotopic (exact) mass is 668 g/mol. The van der Waals surface area contributed by atoms with E-state index >= 15 is 0 Å². The first-order chi connectivity index (χ1) is 21.8. The highest BCUT2D eigenvalue weighted by Gasteiger charge is 2.34. The van der Waals surface area contributed by atoms with Gasteiger partial charge in [0.05, 0.1) is 21.4 Å². The first-order valence-electron chi connectivity index (χ1n) is 13.4. The predicted octanol–water partition coefficient (Wildman–Crippen LogP) is 7.80. The van der Waals surface area contributed by atoms with E-state index in [1.165, 1.54) is 43.3 Å². The Morgan fingerprint density at radius 2 is 1.57 bits per heavy atom. The number of thioether (sulfide) groups is 1. The van der Waals surface area contributed by atoms with Gasteiger partial charge in [0.25, 0.3) is 17.5 Å². The van der Waals surface area contributed by atoms with Crippen molar-refractivity contribution < 1.29 is 32.5 Å². The first-order valence-corrected chi connectivity index (χ1v) is 14.6. The van der Waals surface area contributed by atoms with E-state index in [4.69, 9.17) is 11.6 Å². The number of halogens is 4. The number of nitro benzene ring substituents is 1. The van der Waals surface area contributed by atoms with Crippen molar-refractivity contribution in [2.45, 2.75) is 23.2 Å². The molecule has 4 rings (SSSR count). The molecule has 46 heavy (non-hydrogen) atoms. The van der Waals surface area contributed by atoms with Crippen LogP contribution in [0.2, 0.25) is 5.02 Å². The molecule has 9 nitrogen and oxygen atoms in total. The van der Waals surface area contributed by atoms with E-state index < -0.39 is 45.3 Å². The summed E-state index contributed by atoms with van der Waals surface area (Å²) in [6.07, 6.45) is -3.35. The summed E-state index contributed by atoms with van der Waals surface area (Å²) in [7, 11) is 0. The van der Waals surface area contributed by atoms with Gasteiger partial charge in [-0.1, -0.05) is 29.8 Å². The van der Waals surface area contributed by atoms with Crippen LogP contribution in [0.1, 0.15) is 28.4 Å². The lowest BCUT2D eigenvalue weighted by molar-refractivity contribution is -0.384. The van der Waals surface area contributed by atoms with Crippen LogP contribution in [0.5, 0.6) is 0 Å². The normalized spacial score (nSPS) is 12.2. The van der Waals surface area contributed by atoms with E-state index in [1.807, 2.05) is 0 Å². The van der Waals surface area contributed by atoms with Crippen LogP contribution in [0, 0.1) is 10.1 Å². The molecule has 0 radical (unpaired) electrons. The second-order valence-corrected chi connectivity index (χ2v) is 11.5. The number of hydrogen-bond acceptors (Lipinski definition) is 6. The minimum atomic E-state index is -4.72. The molecule has 0 heterocycles. The number of non-ortho nitro benzene ring substituents is 1. The van der Waals surface area contributed by atoms with E-state index in [-0.39, 0.29) is 16.4 Å². The van der Waals surface area contributed by atoms with Gasteiger partial charge in [0.1, 0.15) is 5.70 Å². The van der Waals surface area contributed by atoms with Crippen LogP contribution in [0.25, 0.3) is 6.08 Å². The number of amides is 3. The zero-order chi connectivity index (χ0) is 33.4. The molecule has 4 aromatic rings. The minimum absolute atomic E-state index is 0.118. The molecule has 0 saturated heterocycles. The number of hydrogen-bond donors (Lipinski definition) is 3. The van der Waals surface area contributed by atoms with Crippen LogP contribution in [0.15, 0.2) is 108 Å². The average Bonchev–Trinajstić information content (AvgIpc) is 3.02. The fourth-order valence-electron chi connectivity index (χ4n) is 3.97. The largest absolute Gasteiger partial charge is 0.418 e. The highest BCUT2D eigenvalue weighted by Crippen LogP contribution is 2.37. The van der Waals surface area contributed by atoms with Crippen LogP contribution in [0.3, 0.4) is 0 Å². The predicted molar refractivity (Wildman–Crippen MR) is 170 cm³/mol. The van der Waals surface area contributed by atoms with Crippen LogP contribution < -0.4 is 16.0 Å². The molecule has 0 aliphatic heterocycles. The molecule has 0 fully saturated rings. The number of nitro groups is 1. The lowest BCUT2D eigenvalue weighted by atomic mass is 10.1. The summed E-state index contributed by atoms with van der Waals surface area (Å²) in [4.78, 5) is 49.8. The van der Waals surface area contributed by atoms with Gasteiger partial charge in [-0.3, -0.25) is 24.5 Å². The summed E-state index contributed by atoms with van der Waals surface area (Å²) < 4.78 is 40.2. The van der Waals surface area contributed by atoms with Crippen molar-refractivity contribution >= 4 is 64.2 Å². The maximum atomic E-state index is 13.4. The van der Waals surface area contributed by atoms with Crippen LogP contribution >= 0.6 is 23.4 Å². The Morgan fingerprint density at radius 3 is 2.17 bits per heavy atom. The molecular formula is C32H24ClF3N4O5S. The van der Waals surface area contributed by atoms with E-state index in [0.717, 1.165) is 23.9 Å². The second kappa shape index (κ2) is 14.8. The number of nitrogens with zero attached hydrogens (tertiary/aromatic N) is 1. The molecule has 1 atom stereocenters. The van der Waals surface area contributed by atoms with E-state index in [1.54, 1.807) is 54.6 Å². The molecule has 0 spiro atoms. The van der Waals surface area contributed by atoms with Crippen molar-refractivity contribution in [2.24, 2.45) is 0 Å². The third-order valence-electron chi connectivity index (χ3n) is 6.28. The molecule has 0 aromatic heterocycles. The number of alkyl halides is 3. The third kappa shape index (κ3) is 9.19. The van der Waals surface area contributed by atoms with Gasteiger partial charge in [-0.15, -0.1) is 11.8 Å². The Bertz CT molecular complexity index is 1780. The van der Waals surface area contributed by atoms with Crippen molar-refractivity contribution in [3.05, 3.63) is 135 Å². The molecular weight excluding hydrogens is 645 g/mol. The maximum absolute atomic E-state index is 13.4. The Kier molecular flexibility index (Phi) is 10.8. The number of anilines is 2. The van der Waals surface area contributed by atoms with Crippen molar-refractivity contribution in [3.63, 3.8) is 0 Å². The summed E-state index contributed by atoms with van der Waals surface area (Å²) in [6, 6.07) is 23.0. The van der Waals surface area contributed by atoms with Crippen molar-refractivity contribution in [1.29, 1.82) is 0 Å². The van der Waals surface area contributed by atoms with Gasteiger partial charge in [-0.05, 0) is 85.3 Å². The lowest BCUT2D eigenvalue weighted by Crippen LogP contribution is -2.30. The van der Waals surface area contributed by atoms with Crippen molar-refractivity contribution in [2.75, 3.05) is 10.6 Å². The minimum Gasteiger partial charge on any atom is -0.325 e. The fraction of sp³-hybridized carbons (Fsp3) is 0.0938. The Morgan fingerprint density at radius 1 is 0.913 bits per heavy atom. The number of benzene rings is 4. The van der Waals surface area contributed by atoms with E-state index in [2.05, 4.69) is 16.0 Å². The van der Waals surface area contributed by atoms with Gasteiger partial charge in [-0.25, -0.2) is 0 Å². The molecule has 0 bridgehead atoms. The summed E-state index contributed by atoms with van der Waals surface area (Å²) in [6.45, 7) is 1.53. The fourth-order valence-corrected chi connectivity index (χ4v) is 5.01. The zero-order valence-corrected chi connectivity index (χ0v) is 25.4. The lowest BCUT2D eigenvalue weighted by Gasteiger charge is -2.17. The Balaban J connectivity index is 1.45. The van der Waals surface area contributed by atoms with Gasteiger partial charge < -0.3 is 16.0 Å². The zero-order valence-electron chi connectivity index (χ0n) is 23.8. The van der Waals surface area contributed by atoms with Crippen molar-refractivity contribution in [1.82, 2.24) is 5.32 Å². The number of carbonyl (C=O) groups excluding carboxylic acids is 3. The average molecular weight is 669 g/mol. The molecule has 1 unspecified atom stereocenters. The van der Waals surface area contributed by atoms with Gasteiger partial charge in [0.2, 0.25) is 5.91 Å².